The molecule has 0 saturated carbocycles. The molecule has 0 spiro atoms. The second kappa shape index (κ2) is 6.70. The van der Waals surface area contributed by atoms with E-state index in [1.165, 1.54) is 11.3 Å². The summed E-state index contributed by atoms with van der Waals surface area (Å²) in [4.78, 5) is 0.856. The Bertz CT molecular complexity index is 556. The van der Waals surface area contributed by atoms with Crippen molar-refractivity contribution < 1.29 is 5.11 Å². The number of aliphatic hydroxyl groups is 1. The first-order valence-corrected chi connectivity index (χ1v) is 8.40. The highest BCUT2D eigenvalue weighted by Gasteiger charge is 2.25. The van der Waals surface area contributed by atoms with Crippen LogP contribution in [0.3, 0.4) is 0 Å². The molecule has 0 aliphatic rings. The van der Waals surface area contributed by atoms with Gasteiger partial charge < -0.3 is 10.8 Å². The third-order valence-electron chi connectivity index (χ3n) is 2.90. The Morgan fingerprint density at radius 2 is 2.00 bits per heavy atom. The first-order chi connectivity index (χ1) is 9.04. The van der Waals surface area contributed by atoms with E-state index in [1.807, 2.05) is 30.3 Å². The van der Waals surface area contributed by atoms with E-state index in [4.69, 9.17) is 17.3 Å². The molecule has 0 amide bonds. The number of halogens is 3. The van der Waals surface area contributed by atoms with Gasteiger partial charge in [-0.15, -0.1) is 11.3 Å². The summed E-state index contributed by atoms with van der Waals surface area (Å²) in [7, 11) is 0. The quantitative estimate of drug-likeness (QED) is 0.746. The fraction of sp³-hybridized carbons (Fsp3) is 0.231. The number of hydrogen-bond donors (Lipinski definition) is 2. The van der Waals surface area contributed by atoms with Crippen LogP contribution in [0.15, 0.2) is 38.6 Å². The van der Waals surface area contributed by atoms with Crippen LogP contribution in [-0.2, 0) is 0 Å². The number of nitrogens with two attached hydrogens (primary N) is 1. The zero-order valence-corrected chi connectivity index (χ0v) is 14.6. The van der Waals surface area contributed by atoms with E-state index >= 15 is 0 Å². The van der Waals surface area contributed by atoms with Crippen LogP contribution in [0.4, 0.5) is 0 Å². The smallest absolute Gasteiger partial charge is 0.0963 e. The van der Waals surface area contributed by atoms with Gasteiger partial charge in [-0.1, -0.05) is 29.8 Å². The van der Waals surface area contributed by atoms with Crippen molar-refractivity contribution in [2.75, 3.05) is 6.54 Å². The van der Waals surface area contributed by atoms with Gasteiger partial charge in [-0.05, 0) is 49.6 Å². The van der Waals surface area contributed by atoms with Crippen LogP contribution in [-0.4, -0.2) is 11.7 Å². The Morgan fingerprint density at radius 1 is 1.32 bits per heavy atom. The number of benzene rings is 1. The molecule has 19 heavy (non-hydrogen) atoms. The Labute approximate surface area is 137 Å². The summed E-state index contributed by atoms with van der Waals surface area (Å²) >= 11 is 14.5. The maximum atomic E-state index is 10.5. The number of rotatable bonds is 4. The molecular weight excluding hydrogens is 413 g/mol. The van der Waals surface area contributed by atoms with E-state index in [1.54, 1.807) is 0 Å². The Kier molecular flexibility index (Phi) is 5.45. The molecule has 2 rings (SSSR count). The Morgan fingerprint density at radius 3 is 2.53 bits per heavy atom. The number of aliphatic hydroxyl groups excluding tert-OH is 1. The molecule has 0 aliphatic carbocycles. The van der Waals surface area contributed by atoms with E-state index in [-0.39, 0.29) is 5.92 Å². The van der Waals surface area contributed by atoms with Gasteiger partial charge in [-0.25, -0.2) is 0 Å². The van der Waals surface area contributed by atoms with Crippen molar-refractivity contribution in [2.45, 2.75) is 12.0 Å². The second-order valence-electron chi connectivity index (χ2n) is 4.08. The molecular formula is C13H12Br2ClNOS. The van der Waals surface area contributed by atoms with Crippen molar-refractivity contribution >= 4 is 54.8 Å². The van der Waals surface area contributed by atoms with Crippen LogP contribution >= 0.6 is 54.8 Å². The lowest BCUT2D eigenvalue weighted by Gasteiger charge is -2.21. The summed E-state index contributed by atoms with van der Waals surface area (Å²) in [5.41, 5.74) is 6.69. The first-order valence-electron chi connectivity index (χ1n) is 5.62. The molecule has 0 saturated heterocycles. The fourth-order valence-electron chi connectivity index (χ4n) is 1.91. The van der Waals surface area contributed by atoms with Gasteiger partial charge in [0.25, 0.3) is 0 Å². The summed E-state index contributed by atoms with van der Waals surface area (Å²) in [5, 5.41) is 11.2. The maximum Gasteiger partial charge on any atom is 0.0963 e. The van der Waals surface area contributed by atoms with Gasteiger partial charge in [0.1, 0.15) is 0 Å². The van der Waals surface area contributed by atoms with E-state index in [9.17, 15) is 5.11 Å². The van der Waals surface area contributed by atoms with Crippen LogP contribution in [0.1, 0.15) is 22.5 Å². The third-order valence-corrected chi connectivity index (χ3v) is 6.57. The van der Waals surface area contributed by atoms with E-state index in [0.717, 1.165) is 18.7 Å². The number of thiophene rings is 1. The highest BCUT2D eigenvalue weighted by Crippen LogP contribution is 2.41. The van der Waals surface area contributed by atoms with Gasteiger partial charge >= 0.3 is 0 Å². The topological polar surface area (TPSA) is 46.2 Å². The standard InChI is InChI=1S/C13H12Br2ClNOS/c14-9-5-11(19-13(9)15)12(18)8(6-17)7-3-1-2-4-10(7)16/h1-5,8,12,18H,6,17H2. The zero-order valence-electron chi connectivity index (χ0n) is 9.82. The average molecular weight is 426 g/mol. The largest absolute Gasteiger partial charge is 0.387 e. The molecule has 102 valence electrons. The SMILES string of the molecule is NCC(c1ccccc1Cl)C(O)c1cc(Br)c(Br)s1. The minimum atomic E-state index is -0.669. The highest BCUT2D eigenvalue weighted by molar-refractivity contribution is 9.13. The molecule has 0 aliphatic heterocycles. The lowest BCUT2D eigenvalue weighted by molar-refractivity contribution is 0.151. The Balaban J connectivity index is 2.34. The van der Waals surface area contributed by atoms with E-state index in [2.05, 4.69) is 31.9 Å². The summed E-state index contributed by atoms with van der Waals surface area (Å²) in [6.45, 7) is 0.331. The van der Waals surface area contributed by atoms with Crippen molar-refractivity contribution in [3.05, 3.63) is 54.1 Å². The summed E-state index contributed by atoms with van der Waals surface area (Å²) in [6, 6.07) is 9.38. The minimum Gasteiger partial charge on any atom is -0.387 e. The molecule has 1 aromatic heterocycles. The number of hydrogen-bond acceptors (Lipinski definition) is 3. The summed E-state index contributed by atoms with van der Waals surface area (Å²) < 4.78 is 1.89. The molecule has 2 atom stereocenters. The molecule has 2 aromatic rings. The summed E-state index contributed by atoms with van der Waals surface area (Å²) in [6.07, 6.45) is -0.669. The van der Waals surface area contributed by atoms with Crippen LogP contribution in [0.2, 0.25) is 5.02 Å². The summed E-state index contributed by atoms with van der Waals surface area (Å²) in [5.74, 6) is -0.217. The first kappa shape index (κ1) is 15.5. The molecule has 3 N–H and O–H groups in total. The second-order valence-corrected chi connectivity index (χ2v) is 7.74. The van der Waals surface area contributed by atoms with Crippen molar-refractivity contribution in [3.8, 4) is 0 Å². The van der Waals surface area contributed by atoms with Gasteiger partial charge in [0.2, 0.25) is 0 Å². The van der Waals surface area contributed by atoms with Crippen LogP contribution in [0.25, 0.3) is 0 Å². The van der Waals surface area contributed by atoms with Gasteiger partial charge in [-0.2, -0.15) is 0 Å². The normalized spacial score (nSPS) is 14.4. The molecule has 0 radical (unpaired) electrons. The molecule has 6 heteroatoms. The fourth-order valence-corrected chi connectivity index (χ4v) is 4.33. The van der Waals surface area contributed by atoms with E-state index < -0.39 is 6.10 Å². The van der Waals surface area contributed by atoms with E-state index in [0.29, 0.717) is 11.6 Å². The average Bonchev–Trinajstić information content (AvgIpc) is 2.73. The molecule has 2 unspecified atom stereocenters. The lowest BCUT2D eigenvalue weighted by Crippen LogP contribution is -2.19. The predicted octanol–water partition coefficient (Wildman–Crippen LogP) is 4.70. The predicted molar refractivity (Wildman–Crippen MR) is 87.9 cm³/mol. The third kappa shape index (κ3) is 3.40. The van der Waals surface area contributed by atoms with Gasteiger partial charge in [0.05, 0.1) is 9.89 Å². The van der Waals surface area contributed by atoms with Gasteiger partial charge in [0, 0.05) is 26.8 Å². The minimum absolute atomic E-state index is 0.217. The molecule has 1 heterocycles. The van der Waals surface area contributed by atoms with Crippen molar-refractivity contribution in [1.82, 2.24) is 0 Å². The zero-order chi connectivity index (χ0) is 14.0. The van der Waals surface area contributed by atoms with Crippen molar-refractivity contribution in [2.24, 2.45) is 5.73 Å². The van der Waals surface area contributed by atoms with Crippen molar-refractivity contribution in [3.63, 3.8) is 0 Å². The van der Waals surface area contributed by atoms with Gasteiger partial charge in [0.15, 0.2) is 0 Å². The van der Waals surface area contributed by atoms with Crippen LogP contribution < -0.4 is 5.73 Å². The van der Waals surface area contributed by atoms with Crippen LogP contribution in [0, 0.1) is 0 Å². The monoisotopic (exact) mass is 423 g/mol. The highest BCUT2D eigenvalue weighted by atomic mass is 79.9. The van der Waals surface area contributed by atoms with Crippen LogP contribution in [0.5, 0.6) is 0 Å². The molecule has 2 nitrogen and oxygen atoms in total. The van der Waals surface area contributed by atoms with Gasteiger partial charge in [-0.3, -0.25) is 0 Å². The lowest BCUT2D eigenvalue weighted by atomic mass is 9.92. The molecule has 0 fully saturated rings. The molecule has 1 aromatic carbocycles. The van der Waals surface area contributed by atoms with Crippen molar-refractivity contribution in [1.29, 1.82) is 0 Å². The molecule has 0 bridgehead atoms. The Hall–Kier alpha value is 0.0900. The maximum absolute atomic E-state index is 10.5.